The number of nitrogens with one attached hydrogen (secondary N) is 1. The molecule has 2 aliphatic rings. The van der Waals surface area contributed by atoms with Crippen LogP contribution in [0.1, 0.15) is 23.5 Å². The fourth-order valence-corrected chi connectivity index (χ4v) is 3.07. The molecule has 0 radical (unpaired) electrons. The number of benzene rings is 1. The highest BCUT2D eigenvalue weighted by atomic mass is 19.4. The Labute approximate surface area is 139 Å². The van der Waals surface area contributed by atoms with Gasteiger partial charge in [0.25, 0.3) is 0 Å². The molecule has 2 unspecified atom stereocenters. The van der Waals surface area contributed by atoms with Gasteiger partial charge in [0.1, 0.15) is 0 Å². The van der Waals surface area contributed by atoms with Crippen LogP contribution in [0.4, 0.5) is 13.2 Å². The number of ether oxygens (including phenoxy) is 1. The third-order valence-electron chi connectivity index (χ3n) is 4.62. The van der Waals surface area contributed by atoms with Crippen LogP contribution in [-0.2, 0) is 15.7 Å². The number of hydrogen-bond donors (Lipinski definition) is 1. The van der Waals surface area contributed by atoms with Crippen molar-refractivity contribution in [3.05, 3.63) is 35.4 Å². The van der Waals surface area contributed by atoms with Gasteiger partial charge in [0, 0.05) is 32.1 Å². The molecule has 0 spiro atoms. The van der Waals surface area contributed by atoms with Gasteiger partial charge in [-0.2, -0.15) is 13.2 Å². The normalized spacial score (nSPS) is 24.6. The molecule has 1 saturated carbocycles. The molecule has 1 heterocycles. The molecule has 2 fully saturated rings. The second-order valence-corrected chi connectivity index (χ2v) is 6.31. The molecule has 4 nitrogen and oxygen atoms in total. The summed E-state index contributed by atoms with van der Waals surface area (Å²) in [5.74, 6) is -0.0877. The second kappa shape index (κ2) is 7.11. The Morgan fingerprint density at radius 2 is 1.88 bits per heavy atom. The van der Waals surface area contributed by atoms with Crippen LogP contribution in [0, 0.1) is 5.92 Å². The number of alkyl halides is 3. The third kappa shape index (κ3) is 4.27. The van der Waals surface area contributed by atoms with Crippen molar-refractivity contribution in [3.8, 4) is 0 Å². The minimum atomic E-state index is -4.32. The summed E-state index contributed by atoms with van der Waals surface area (Å²) < 4.78 is 42.9. The van der Waals surface area contributed by atoms with Gasteiger partial charge in [0.2, 0.25) is 5.91 Å². The van der Waals surface area contributed by atoms with Crippen molar-refractivity contribution in [1.29, 1.82) is 0 Å². The summed E-state index contributed by atoms with van der Waals surface area (Å²) in [6.45, 7) is 4.61. The van der Waals surface area contributed by atoms with Gasteiger partial charge >= 0.3 is 6.18 Å². The van der Waals surface area contributed by atoms with E-state index in [1.54, 1.807) is 0 Å². The average molecular weight is 342 g/mol. The first kappa shape index (κ1) is 17.2. The smallest absolute Gasteiger partial charge is 0.379 e. The number of carbonyl (C=O) groups is 1. The lowest BCUT2D eigenvalue weighted by Gasteiger charge is -2.26. The van der Waals surface area contributed by atoms with Crippen LogP contribution in [0.5, 0.6) is 0 Å². The zero-order valence-corrected chi connectivity index (χ0v) is 13.3. The van der Waals surface area contributed by atoms with E-state index < -0.39 is 11.7 Å². The molecule has 132 valence electrons. The fourth-order valence-electron chi connectivity index (χ4n) is 3.07. The van der Waals surface area contributed by atoms with Crippen LogP contribution in [0.25, 0.3) is 0 Å². The molecular weight excluding hydrogens is 321 g/mol. The molecule has 3 rings (SSSR count). The van der Waals surface area contributed by atoms with Gasteiger partial charge in [0.05, 0.1) is 18.8 Å². The van der Waals surface area contributed by atoms with Crippen molar-refractivity contribution in [3.63, 3.8) is 0 Å². The summed E-state index contributed by atoms with van der Waals surface area (Å²) in [6.07, 6.45) is -3.62. The van der Waals surface area contributed by atoms with E-state index >= 15 is 0 Å². The quantitative estimate of drug-likeness (QED) is 0.892. The van der Waals surface area contributed by atoms with E-state index in [0.717, 1.165) is 50.5 Å². The van der Waals surface area contributed by atoms with E-state index in [9.17, 15) is 18.0 Å². The molecular formula is C17H21F3N2O2. The predicted octanol–water partition coefficient (Wildman–Crippen LogP) is 2.26. The van der Waals surface area contributed by atoms with E-state index in [4.69, 9.17) is 4.74 Å². The fraction of sp³-hybridized carbons (Fsp3) is 0.588. The Bertz CT molecular complexity index is 568. The van der Waals surface area contributed by atoms with Gasteiger partial charge in [-0.1, -0.05) is 12.1 Å². The van der Waals surface area contributed by atoms with E-state index in [-0.39, 0.29) is 17.7 Å². The summed E-state index contributed by atoms with van der Waals surface area (Å²) in [4.78, 5) is 14.4. The highest BCUT2D eigenvalue weighted by molar-refractivity contribution is 5.82. The summed E-state index contributed by atoms with van der Waals surface area (Å²) >= 11 is 0. The van der Waals surface area contributed by atoms with Gasteiger partial charge in [0.15, 0.2) is 0 Å². The number of carbonyl (C=O) groups excluding carboxylic acids is 1. The number of hydrogen-bond acceptors (Lipinski definition) is 3. The predicted molar refractivity (Wildman–Crippen MR) is 82.6 cm³/mol. The topological polar surface area (TPSA) is 41.6 Å². The zero-order valence-electron chi connectivity index (χ0n) is 13.3. The SMILES string of the molecule is O=C(NCCN1CCOCC1)C1CC1c1ccc(C(F)(F)F)cc1. The van der Waals surface area contributed by atoms with Crippen LogP contribution in [0.2, 0.25) is 0 Å². The lowest BCUT2D eigenvalue weighted by molar-refractivity contribution is -0.137. The van der Waals surface area contributed by atoms with Crippen LogP contribution in [-0.4, -0.2) is 50.2 Å². The lowest BCUT2D eigenvalue weighted by Crippen LogP contribution is -2.41. The Balaban J connectivity index is 1.43. The molecule has 1 aliphatic carbocycles. The Kier molecular flexibility index (Phi) is 5.10. The monoisotopic (exact) mass is 342 g/mol. The zero-order chi connectivity index (χ0) is 17.2. The standard InChI is InChI=1S/C17H21F3N2O2/c18-17(19,20)13-3-1-12(2-4-13)14-11-15(14)16(23)21-5-6-22-7-9-24-10-8-22/h1-4,14-15H,5-11H2,(H,21,23). The highest BCUT2D eigenvalue weighted by Crippen LogP contribution is 2.47. The van der Waals surface area contributed by atoms with Crippen LogP contribution < -0.4 is 5.32 Å². The van der Waals surface area contributed by atoms with Crippen LogP contribution in [0.3, 0.4) is 0 Å². The van der Waals surface area contributed by atoms with Gasteiger partial charge in [-0.3, -0.25) is 9.69 Å². The van der Waals surface area contributed by atoms with Gasteiger partial charge < -0.3 is 10.1 Å². The Morgan fingerprint density at radius 3 is 2.50 bits per heavy atom. The summed E-state index contributed by atoms with van der Waals surface area (Å²) in [7, 11) is 0. The molecule has 2 atom stereocenters. The van der Waals surface area contributed by atoms with E-state index in [0.29, 0.717) is 13.0 Å². The molecule has 1 N–H and O–H groups in total. The maximum Gasteiger partial charge on any atom is 0.416 e. The largest absolute Gasteiger partial charge is 0.416 e. The minimum Gasteiger partial charge on any atom is -0.379 e. The number of amides is 1. The molecule has 0 bridgehead atoms. The first-order valence-electron chi connectivity index (χ1n) is 8.20. The maximum atomic E-state index is 12.6. The molecule has 7 heteroatoms. The lowest BCUT2D eigenvalue weighted by atomic mass is 10.1. The maximum absolute atomic E-state index is 12.6. The molecule has 24 heavy (non-hydrogen) atoms. The summed E-state index contributed by atoms with van der Waals surface area (Å²) in [5, 5.41) is 2.93. The van der Waals surface area contributed by atoms with E-state index in [2.05, 4.69) is 10.2 Å². The molecule has 1 aromatic carbocycles. The highest BCUT2D eigenvalue weighted by Gasteiger charge is 2.44. The van der Waals surface area contributed by atoms with E-state index in [1.165, 1.54) is 12.1 Å². The molecule has 1 aliphatic heterocycles. The number of morpholine rings is 1. The van der Waals surface area contributed by atoms with Gasteiger partial charge in [-0.05, 0) is 30.0 Å². The van der Waals surface area contributed by atoms with Crippen molar-refractivity contribution in [2.45, 2.75) is 18.5 Å². The van der Waals surface area contributed by atoms with Gasteiger partial charge in [-0.25, -0.2) is 0 Å². The van der Waals surface area contributed by atoms with E-state index in [1.807, 2.05) is 0 Å². The number of rotatable bonds is 5. The van der Waals surface area contributed by atoms with Crippen LogP contribution in [0.15, 0.2) is 24.3 Å². The average Bonchev–Trinajstić information content (AvgIpc) is 3.36. The van der Waals surface area contributed by atoms with Crippen molar-refractivity contribution >= 4 is 5.91 Å². The summed E-state index contributed by atoms with van der Waals surface area (Å²) in [6, 6.07) is 5.13. The van der Waals surface area contributed by atoms with Crippen molar-refractivity contribution in [2.24, 2.45) is 5.92 Å². The molecule has 1 amide bonds. The van der Waals surface area contributed by atoms with Crippen molar-refractivity contribution in [2.75, 3.05) is 39.4 Å². The van der Waals surface area contributed by atoms with Crippen molar-refractivity contribution in [1.82, 2.24) is 10.2 Å². The molecule has 1 aromatic rings. The number of nitrogens with zero attached hydrogens (tertiary/aromatic N) is 1. The third-order valence-corrected chi connectivity index (χ3v) is 4.62. The van der Waals surface area contributed by atoms with Gasteiger partial charge in [-0.15, -0.1) is 0 Å². The summed E-state index contributed by atoms with van der Waals surface area (Å²) in [5.41, 5.74) is 0.148. The molecule has 1 saturated heterocycles. The minimum absolute atomic E-state index is 0.00634. The first-order valence-corrected chi connectivity index (χ1v) is 8.20. The molecule has 0 aromatic heterocycles. The first-order chi connectivity index (χ1) is 11.4. The Morgan fingerprint density at radius 1 is 1.21 bits per heavy atom. The van der Waals surface area contributed by atoms with Crippen molar-refractivity contribution < 1.29 is 22.7 Å². The number of halogens is 3. The second-order valence-electron chi connectivity index (χ2n) is 6.31. The van der Waals surface area contributed by atoms with Crippen LogP contribution >= 0.6 is 0 Å². The Hall–Kier alpha value is -1.60.